The lowest BCUT2D eigenvalue weighted by atomic mass is 9.99. The summed E-state index contributed by atoms with van der Waals surface area (Å²) in [6.07, 6.45) is 1.76. The van der Waals surface area contributed by atoms with Crippen LogP contribution in [0.1, 0.15) is 26.5 Å². The Bertz CT molecular complexity index is 1020. The number of thiazole rings is 1. The highest BCUT2D eigenvalue weighted by Crippen LogP contribution is 2.21. The van der Waals surface area contributed by atoms with Crippen molar-refractivity contribution in [2.45, 2.75) is 19.4 Å². The fourth-order valence-corrected chi connectivity index (χ4v) is 4.04. The highest BCUT2D eigenvalue weighted by molar-refractivity contribution is 7.18. The molecule has 1 aromatic heterocycles. The Morgan fingerprint density at radius 1 is 0.852 bits per heavy atom. The van der Waals surface area contributed by atoms with E-state index in [2.05, 4.69) is 28.5 Å². The van der Waals surface area contributed by atoms with E-state index in [-0.39, 0.29) is 5.91 Å². The van der Waals surface area contributed by atoms with Crippen LogP contribution in [0.15, 0.2) is 78.9 Å². The van der Waals surface area contributed by atoms with Crippen molar-refractivity contribution < 1.29 is 4.79 Å². The first kappa shape index (κ1) is 17.4. The molecule has 0 radical (unpaired) electrons. The lowest BCUT2D eigenvalue weighted by Gasteiger charge is -2.09. The van der Waals surface area contributed by atoms with Crippen LogP contribution in [-0.2, 0) is 19.4 Å². The number of carbonyl (C=O) groups excluding carboxylic acids is 1. The zero-order chi connectivity index (χ0) is 18.5. The van der Waals surface area contributed by atoms with Gasteiger partial charge in [-0.3, -0.25) is 4.79 Å². The van der Waals surface area contributed by atoms with Crippen LogP contribution in [0.3, 0.4) is 0 Å². The van der Waals surface area contributed by atoms with E-state index in [4.69, 9.17) is 0 Å². The second-order valence-electron chi connectivity index (χ2n) is 6.40. The Labute approximate surface area is 162 Å². The lowest BCUT2D eigenvalue weighted by molar-refractivity contribution is 0.0950. The summed E-state index contributed by atoms with van der Waals surface area (Å²) in [5.74, 6) is -0.0436. The van der Waals surface area contributed by atoms with Crippen molar-refractivity contribution in [1.29, 1.82) is 0 Å². The van der Waals surface area contributed by atoms with Crippen molar-refractivity contribution in [3.8, 4) is 0 Å². The molecule has 0 spiro atoms. The maximum atomic E-state index is 12.7. The zero-order valence-corrected chi connectivity index (χ0v) is 15.7. The first-order valence-electron chi connectivity index (χ1n) is 9.04. The molecular weight excluding hydrogens is 352 g/mol. The van der Waals surface area contributed by atoms with E-state index < -0.39 is 0 Å². The molecule has 3 nitrogen and oxygen atoms in total. The Kier molecular flexibility index (Phi) is 5.26. The van der Waals surface area contributed by atoms with Gasteiger partial charge in [-0.15, -0.1) is 11.3 Å². The van der Waals surface area contributed by atoms with Crippen LogP contribution in [-0.4, -0.2) is 10.9 Å². The van der Waals surface area contributed by atoms with Gasteiger partial charge in [0.25, 0.3) is 5.91 Å². The van der Waals surface area contributed by atoms with Gasteiger partial charge in [-0.05, 0) is 42.2 Å². The third-order valence-electron chi connectivity index (χ3n) is 4.53. The summed E-state index contributed by atoms with van der Waals surface area (Å²) in [5, 5.41) is 3.95. The topological polar surface area (TPSA) is 42.0 Å². The second-order valence-corrected chi connectivity index (χ2v) is 7.52. The first-order chi connectivity index (χ1) is 13.3. The van der Waals surface area contributed by atoms with Crippen LogP contribution < -0.4 is 5.32 Å². The summed E-state index contributed by atoms with van der Waals surface area (Å²) in [6, 6.07) is 26.2. The van der Waals surface area contributed by atoms with Gasteiger partial charge in [-0.1, -0.05) is 60.7 Å². The molecule has 0 aliphatic carbocycles. The number of hydrogen-bond donors (Lipinski definition) is 1. The van der Waals surface area contributed by atoms with Crippen LogP contribution >= 0.6 is 11.3 Å². The molecule has 0 fully saturated rings. The number of hydrogen-bond acceptors (Lipinski definition) is 3. The molecule has 1 heterocycles. The summed E-state index contributed by atoms with van der Waals surface area (Å²) in [4.78, 5) is 17.3. The molecule has 0 aliphatic rings. The molecule has 0 saturated heterocycles. The number of para-hydroxylation sites is 1. The number of rotatable bonds is 6. The van der Waals surface area contributed by atoms with Gasteiger partial charge in [-0.2, -0.15) is 0 Å². The van der Waals surface area contributed by atoms with Crippen LogP contribution in [0.25, 0.3) is 10.2 Å². The molecule has 0 bridgehead atoms. The molecule has 0 saturated carbocycles. The van der Waals surface area contributed by atoms with Gasteiger partial charge in [0.1, 0.15) is 5.01 Å². The first-order valence-corrected chi connectivity index (χ1v) is 9.86. The van der Waals surface area contributed by atoms with Crippen LogP contribution in [0.2, 0.25) is 0 Å². The van der Waals surface area contributed by atoms with E-state index in [9.17, 15) is 4.79 Å². The summed E-state index contributed by atoms with van der Waals surface area (Å²) >= 11 is 1.62. The minimum absolute atomic E-state index is 0.0436. The molecule has 134 valence electrons. The van der Waals surface area contributed by atoms with Gasteiger partial charge in [0, 0.05) is 5.56 Å². The summed E-state index contributed by atoms with van der Waals surface area (Å²) < 4.78 is 1.14. The lowest BCUT2D eigenvalue weighted by Crippen LogP contribution is -2.24. The zero-order valence-electron chi connectivity index (χ0n) is 14.9. The predicted octanol–water partition coefficient (Wildman–Crippen LogP) is 5.01. The summed E-state index contributed by atoms with van der Waals surface area (Å²) in [5.41, 5.74) is 4.08. The van der Waals surface area contributed by atoms with E-state index in [1.807, 2.05) is 60.7 Å². The maximum absolute atomic E-state index is 12.7. The Morgan fingerprint density at radius 3 is 2.44 bits per heavy atom. The van der Waals surface area contributed by atoms with E-state index in [1.54, 1.807) is 11.3 Å². The average Bonchev–Trinajstić information content (AvgIpc) is 3.14. The van der Waals surface area contributed by atoms with Gasteiger partial charge in [-0.25, -0.2) is 4.98 Å². The highest BCUT2D eigenvalue weighted by atomic mass is 32.1. The summed E-state index contributed by atoms with van der Waals surface area (Å²) in [6.45, 7) is 0.450. The number of benzene rings is 3. The van der Waals surface area contributed by atoms with Crippen molar-refractivity contribution in [2.75, 3.05) is 0 Å². The molecule has 3 aromatic carbocycles. The molecule has 1 N–H and O–H groups in total. The molecular formula is C23H20N2OS. The van der Waals surface area contributed by atoms with Crippen molar-refractivity contribution in [3.05, 3.63) is 101 Å². The Hall–Kier alpha value is -2.98. The quantitative estimate of drug-likeness (QED) is 0.517. The van der Waals surface area contributed by atoms with Gasteiger partial charge in [0.05, 0.1) is 16.8 Å². The van der Waals surface area contributed by atoms with Crippen LogP contribution in [0.4, 0.5) is 0 Å². The summed E-state index contributed by atoms with van der Waals surface area (Å²) in [7, 11) is 0. The van der Waals surface area contributed by atoms with Gasteiger partial charge >= 0.3 is 0 Å². The predicted molar refractivity (Wildman–Crippen MR) is 111 cm³/mol. The highest BCUT2D eigenvalue weighted by Gasteiger charge is 2.12. The molecule has 4 aromatic rings. The molecule has 0 atom stereocenters. The number of nitrogens with zero attached hydrogens (tertiary/aromatic N) is 1. The van der Waals surface area contributed by atoms with E-state index in [1.165, 1.54) is 5.56 Å². The number of amides is 1. The van der Waals surface area contributed by atoms with Crippen molar-refractivity contribution in [1.82, 2.24) is 10.3 Å². The fourth-order valence-electron chi connectivity index (χ4n) is 3.13. The van der Waals surface area contributed by atoms with Gasteiger partial charge in [0.2, 0.25) is 0 Å². The van der Waals surface area contributed by atoms with Crippen LogP contribution in [0, 0.1) is 0 Å². The van der Waals surface area contributed by atoms with Gasteiger partial charge in [0.15, 0.2) is 0 Å². The van der Waals surface area contributed by atoms with E-state index in [0.717, 1.165) is 39.2 Å². The van der Waals surface area contributed by atoms with Crippen molar-refractivity contribution in [2.24, 2.45) is 0 Å². The number of fused-ring (bicyclic) bond motifs is 1. The maximum Gasteiger partial charge on any atom is 0.251 e. The average molecular weight is 372 g/mol. The monoisotopic (exact) mass is 372 g/mol. The molecule has 0 unspecified atom stereocenters. The number of carbonyl (C=O) groups is 1. The van der Waals surface area contributed by atoms with Crippen molar-refractivity contribution in [3.63, 3.8) is 0 Å². The molecule has 4 rings (SSSR count). The molecule has 4 heteroatoms. The third-order valence-corrected chi connectivity index (χ3v) is 5.56. The van der Waals surface area contributed by atoms with E-state index in [0.29, 0.717) is 6.54 Å². The third kappa shape index (κ3) is 4.23. The number of aromatic nitrogens is 1. The fraction of sp³-hybridized carbons (Fsp3) is 0.130. The number of nitrogens with one attached hydrogen (secondary N) is 1. The molecule has 0 aliphatic heterocycles. The second kappa shape index (κ2) is 8.14. The van der Waals surface area contributed by atoms with Crippen molar-refractivity contribution >= 4 is 27.5 Å². The normalized spacial score (nSPS) is 10.8. The SMILES string of the molecule is O=C(NCc1nc2ccccc2s1)c1ccccc1CCc1ccccc1. The number of aryl methyl sites for hydroxylation is 2. The Morgan fingerprint density at radius 2 is 1.59 bits per heavy atom. The largest absolute Gasteiger partial charge is 0.346 e. The van der Waals surface area contributed by atoms with E-state index >= 15 is 0 Å². The Balaban J connectivity index is 1.43. The minimum atomic E-state index is -0.0436. The standard InChI is InChI=1S/C23H20N2OS/c26-23(24-16-22-25-20-12-6-7-13-21(20)27-22)19-11-5-4-10-18(19)15-14-17-8-2-1-3-9-17/h1-13H,14-16H2,(H,24,26). The van der Waals surface area contributed by atoms with Crippen LogP contribution in [0.5, 0.6) is 0 Å². The molecule has 27 heavy (non-hydrogen) atoms. The minimum Gasteiger partial charge on any atom is -0.346 e. The smallest absolute Gasteiger partial charge is 0.251 e. The van der Waals surface area contributed by atoms with Gasteiger partial charge < -0.3 is 5.32 Å². The molecule has 1 amide bonds.